The Labute approximate surface area is 87.9 Å². The monoisotopic (exact) mass is 207 g/mol. The highest BCUT2D eigenvalue weighted by Crippen LogP contribution is 2.21. The maximum Gasteiger partial charge on any atom is 0.118 e. The minimum Gasteiger partial charge on any atom is -0.497 e. The molecule has 0 amide bonds. The van der Waals surface area contributed by atoms with Crippen LogP contribution in [0.25, 0.3) is 10.4 Å². The maximum absolute atomic E-state index is 9.78. The third kappa shape index (κ3) is 2.87. The molecule has 1 N–H and O–H groups in total. The summed E-state index contributed by atoms with van der Waals surface area (Å²) in [7, 11) is 1.58. The molecule has 5 heteroatoms. The van der Waals surface area contributed by atoms with Crippen molar-refractivity contribution in [2.75, 3.05) is 7.11 Å². The molecule has 0 radical (unpaired) electrons. The van der Waals surface area contributed by atoms with E-state index in [2.05, 4.69) is 10.0 Å². The molecule has 0 aromatic heterocycles. The molecular formula is C10H13N3O2. The minimum absolute atomic E-state index is 0.483. The van der Waals surface area contributed by atoms with E-state index in [0.29, 0.717) is 5.56 Å². The fourth-order valence-corrected chi connectivity index (χ4v) is 1.22. The van der Waals surface area contributed by atoms with Crippen molar-refractivity contribution in [1.82, 2.24) is 0 Å². The van der Waals surface area contributed by atoms with Crippen molar-refractivity contribution >= 4 is 0 Å². The number of aliphatic hydroxyl groups is 1. The summed E-state index contributed by atoms with van der Waals surface area (Å²) in [6.45, 7) is 1.66. The lowest BCUT2D eigenvalue weighted by molar-refractivity contribution is 0.153. The Balaban J connectivity index is 2.81. The van der Waals surface area contributed by atoms with E-state index in [9.17, 15) is 5.11 Å². The van der Waals surface area contributed by atoms with E-state index in [1.165, 1.54) is 0 Å². The van der Waals surface area contributed by atoms with Crippen LogP contribution >= 0.6 is 0 Å². The molecule has 1 aromatic carbocycles. The van der Waals surface area contributed by atoms with Crippen molar-refractivity contribution in [3.05, 3.63) is 40.3 Å². The van der Waals surface area contributed by atoms with Crippen LogP contribution in [0.3, 0.4) is 0 Å². The second-order valence-electron chi connectivity index (χ2n) is 3.16. The molecule has 0 aliphatic heterocycles. The van der Waals surface area contributed by atoms with Gasteiger partial charge in [-0.05, 0) is 23.2 Å². The van der Waals surface area contributed by atoms with Gasteiger partial charge >= 0.3 is 0 Å². The Morgan fingerprint density at radius 3 is 2.47 bits per heavy atom. The van der Waals surface area contributed by atoms with Crippen LogP contribution in [0, 0.1) is 0 Å². The number of rotatable bonds is 4. The Morgan fingerprint density at radius 2 is 2.00 bits per heavy atom. The summed E-state index contributed by atoms with van der Waals surface area (Å²) >= 11 is 0. The van der Waals surface area contributed by atoms with Crippen molar-refractivity contribution < 1.29 is 9.84 Å². The number of ether oxygens (including phenoxy) is 1. The van der Waals surface area contributed by atoms with E-state index in [0.717, 1.165) is 5.75 Å². The van der Waals surface area contributed by atoms with Gasteiger partial charge in [0, 0.05) is 4.91 Å². The second kappa shape index (κ2) is 5.24. The summed E-state index contributed by atoms with van der Waals surface area (Å²) in [5.74, 6) is 0.724. The molecule has 80 valence electrons. The van der Waals surface area contributed by atoms with Gasteiger partial charge in [0.15, 0.2) is 0 Å². The number of azide groups is 1. The van der Waals surface area contributed by atoms with Gasteiger partial charge in [0.2, 0.25) is 0 Å². The fourth-order valence-electron chi connectivity index (χ4n) is 1.22. The van der Waals surface area contributed by atoms with Crippen molar-refractivity contribution in [3.8, 4) is 5.75 Å². The van der Waals surface area contributed by atoms with Crippen LogP contribution in [0.15, 0.2) is 29.4 Å². The predicted octanol–water partition coefficient (Wildman–Crippen LogP) is 2.43. The SMILES string of the molecule is COc1ccc(C(O)C(C)N=[N+]=[N-])cc1. The number of hydrogen-bond donors (Lipinski definition) is 1. The van der Waals surface area contributed by atoms with E-state index in [4.69, 9.17) is 10.3 Å². The van der Waals surface area contributed by atoms with Gasteiger partial charge in [0.1, 0.15) is 5.75 Å². The van der Waals surface area contributed by atoms with Gasteiger partial charge in [-0.3, -0.25) is 0 Å². The summed E-state index contributed by atoms with van der Waals surface area (Å²) in [4.78, 5) is 2.66. The van der Waals surface area contributed by atoms with E-state index < -0.39 is 12.1 Å². The largest absolute Gasteiger partial charge is 0.497 e. The molecule has 1 aromatic rings. The standard InChI is InChI=1S/C10H13N3O2/c1-7(12-13-11)10(14)8-3-5-9(15-2)6-4-8/h3-7,10,14H,1-2H3. The molecule has 2 atom stereocenters. The number of methoxy groups -OCH3 is 1. The summed E-state index contributed by atoms with van der Waals surface area (Å²) in [6.07, 6.45) is -0.785. The first-order valence-corrected chi connectivity index (χ1v) is 4.55. The molecular weight excluding hydrogens is 194 g/mol. The van der Waals surface area contributed by atoms with E-state index in [1.54, 1.807) is 38.3 Å². The zero-order chi connectivity index (χ0) is 11.3. The smallest absolute Gasteiger partial charge is 0.118 e. The lowest BCUT2D eigenvalue weighted by Gasteiger charge is -2.14. The molecule has 2 unspecified atom stereocenters. The molecule has 0 bridgehead atoms. The highest BCUT2D eigenvalue weighted by Gasteiger charge is 2.14. The van der Waals surface area contributed by atoms with Crippen molar-refractivity contribution in [3.63, 3.8) is 0 Å². The van der Waals surface area contributed by atoms with Gasteiger partial charge in [-0.2, -0.15) is 0 Å². The van der Waals surface area contributed by atoms with E-state index in [-0.39, 0.29) is 0 Å². The van der Waals surface area contributed by atoms with Gasteiger partial charge in [-0.1, -0.05) is 24.2 Å². The molecule has 0 spiro atoms. The highest BCUT2D eigenvalue weighted by molar-refractivity contribution is 5.28. The average Bonchev–Trinajstić information content (AvgIpc) is 2.28. The third-order valence-corrected chi connectivity index (χ3v) is 2.15. The Morgan fingerprint density at radius 1 is 1.40 bits per heavy atom. The lowest BCUT2D eigenvalue weighted by Crippen LogP contribution is -2.11. The van der Waals surface area contributed by atoms with E-state index in [1.807, 2.05) is 0 Å². The van der Waals surface area contributed by atoms with Crippen LogP contribution in [0.2, 0.25) is 0 Å². The van der Waals surface area contributed by atoms with Crippen LogP contribution in [0.5, 0.6) is 5.75 Å². The lowest BCUT2D eigenvalue weighted by atomic mass is 10.0. The number of benzene rings is 1. The topological polar surface area (TPSA) is 78.2 Å². The van der Waals surface area contributed by atoms with Crippen molar-refractivity contribution in [2.24, 2.45) is 5.11 Å². The predicted molar refractivity (Wildman–Crippen MR) is 56.6 cm³/mol. The van der Waals surface area contributed by atoms with Crippen molar-refractivity contribution in [2.45, 2.75) is 19.1 Å². The zero-order valence-corrected chi connectivity index (χ0v) is 8.66. The Hall–Kier alpha value is -1.71. The zero-order valence-electron chi connectivity index (χ0n) is 8.66. The first-order chi connectivity index (χ1) is 7.19. The van der Waals surface area contributed by atoms with Gasteiger partial charge in [-0.25, -0.2) is 0 Å². The van der Waals surface area contributed by atoms with Gasteiger partial charge in [0.05, 0.1) is 19.3 Å². The first-order valence-electron chi connectivity index (χ1n) is 4.55. The summed E-state index contributed by atoms with van der Waals surface area (Å²) in [5, 5.41) is 13.2. The van der Waals surface area contributed by atoms with Gasteiger partial charge in [-0.15, -0.1) is 0 Å². The molecule has 0 fully saturated rings. The number of hydrogen-bond acceptors (Lipinski definition) is 3. The van der Waals surface area contributed by atoms with Gasteiger partial charge < -0.3 is 9.84 Å². The molecule has 0 heterocycles. The maximum atomic E-state index is 9.78. The van der Waals surface area contributed by atoms with Gasteiger partial charge in [0.25, 0.3) is 0 Å². The van der Waals surface area contributed by atoms with Crippen LogP contribution in [0.1, 0.15) is 18.6 Å². The fraction of sp³-hybridized carbons (Fsp3) is 0.400. The van der Waals surface area contributed by atoms with Crippen molar-refractivity contribution in [1.29, 1.82) is 0 Å². The molecule has 5 nitrogen and oxygen atoms in total. The summed E-state index contributed by atoms with van der Waals surface area (Å²) in [6, 6.07) is 6.51. The quantitative estimate of drug-likeness (QED) is 0.467. The normalized spacial score (nSPS) is 13.8. The Bertz CT molecular complexity index is 357. The van der Waals surface area contributed by atoms with Crippen LogP contribution in [-0.4, -0.2) is 18.3 Å². The molecule has 0 aliphatic carbocycles. The molecule has 0 aliphatic rings. The second-order valence-corrected chi connectivity index (χ2v) is 3.16. The highest BCUT2D eigenvalue weighted by atomic mass is 16.5. The molecule has 1 rings (SSSR count). The molecule has 0 saturated carbocycles. The average molecular weight is 207 g/mol. The summed E-state index contributed by atoms with van der Waals surface area (Å²) < 4.78 is 4.99. The van der Waals surface area contributed by atoms with Crippen LogP contribution < -0.4 is 4.74 Å². The van der Waals surface area contributed by atoms with E-state index >= 15 is 0 Å². The third-order valence-electron chi connectivity index (χ3n) is 2.15. The minimum atomic E-state index is -0.785. The van der Waals surface area contributed by atoms with Crippen LogP contribution in [0.4, 0.5) is 0 Å². The molecule has 0 saturated heterocycles. The summed E-state index contributed by atoms with van der Waals surface area (Å²) in [5.41, 5.74) is 8.95. The van der Waals surface area contributed by atoms with Crippen LogP contribution in [-0.2, 0) is 0 Å². The first kappa shape index (κ1) is 11.4. The number of aliphatic hydroxyl groups excluding tert-OH is 1. The molecule has 15 heavy (non-hydrogen) atoms. The number of nitrogens with zero attached hydrogens (tertiary/aromatic N) is 3. The Kier molecular flexibility index (Phi) is 3.97.